The molecule has 1 aromatic rings. The average molecular weight is 471 g/mol. The molecule has 3 fully saturated rings. The zero-order valence-corrected chi connectivity index (χ0v) is 19.8. The van der Waals surface area contributed by atoms with E-state index in [9.17, 15) is 19.2 Å². The van der Waals surface area contributed by atoms with Gasteiger partial charge in [0, 0.05) is 31.1 Å². The lowest BCUT2D eigenvalue weighted by Gasteiger charge is -2.42. The van der Waals surface area contributed by atoms with Gasteiger partial charge in [0.05, 0.1) is 13.7 Å². The first-order valence-electron chi connectivity index (χ1n) is 12.3. The summed E-state index contributed by atoms with van der Waals surface area (Å²) >= 11 is 0. The van der Waals surface area contributed by atoms with E-state index in [-0.39, 0.29) is 36.7 Å². The monoisotopic (exact) mass is 470 g/mol. The molecule has 2 atom stereocenters. The summed E-state index contributed by atoms with van der Waals surface area (Å²) in [5.41, 5.74) is 0.445. The molecule has 0 spiro atoms. The number of rotatable bonds is 5. The van der Waals surface area contributed by atoms with Crippen LogP contribution in [0.2, 0.25) is 0 Å². The first-order chi connectivity index (χ1) is 16.5. The minimum Gasteiger partial charge on any atom is -0.497 e. The SMILES string of the molecule is COc1ccc(C(=O)N2CCN(C(=O)C3CCCCC3)CC2C(=O)NC2CCCNC2=O)cc1. The topological polar surface area (TPSA) is 108 Å². The second-order valence-corrected chi connectivity index (χ2v) is 9.36. The van der Waals surface area contributed by atoms with Crippen molar-refractivity contribution in [2.75, 3.05) is 33.3 Å². The lowest BCUT2D eigenvalue weighted by Crippen LogP contribution is -2.64. The Balaban J connectivity index is 1.52. The van der Waals surface area contributed by atoms with E-state index in [2.05, 4.69) is 10.6 Å². The molecule has 2 saturated heterocycles. The van der Waals surface area contributed by atoms with E-state index in [1.165, 1.54) is 4.90 Å². The fraction of sp³-hybridized carbons (Fsp3) is 0.600. The molecule has 2 heterocycles. The number of nitrogens with zero attached hydrogens (tertiary/aromatic N) is 2. The number of methoxy groups -OCH3 is 1. The summed E-state index contributed by atoms with van der Waals surface area (Å²) in [4.78, 5) is 55.4. The van der Waals surface area contributed by atoms with Gasteiger partial charge in [0.25, 0.3) is 5.91 Å². The standard InChI is InChI=1S/C25H34N4O5/c1-34-19-11-9-18(10-12-19)25(33)29-15-14-28(24(32)17-6-3-2-4-7-17)16-21(29)23(31)27-20-8-5-13-26-22(20)30/h9-12,17,20-21H,2-8,13-16H2,1H3,(H,26,30)(H,27,31). The second kappa shape index (κ2) is 10.9. The van der Waals surface area contributed by atoms with Crippen LogP contribution in [0.3, 0.4) is 0 Å². The van der Waals surface area contributed by atoms with Gasteiger partial charge in [-0.2, -0.15) is 0 Å². The van der Waals surface area contributed by atoms with Crippen LogP contribution in [-0.4, -0.2) is 78.8 Å². The van der Waals surface area contributed by atoms with E-state index in [0.717, 1.165) is 38.5 Å². The molecule has 3 aliphatic rings. The minimum absolute atomic E-state index is 0.00887. The van der Waals surface area contributed by atoms with Crippen LogP contribution in [0.1, 0.15) is 55.3 Å². The highest BCUT2D eigenvalue weighted by Gasteiger charge is 2.40. The number of piperazine rings is 1. The lowest BCUT2D eigenvalue weighted by molar-refractivity contribution is -0.142. The maximum atomic E-state index is 13.4. The predicted octanol–water partition coefficient (Wildman–Crippen LogP) is 1.32. The number of carbonyl (C=O) groups is 4. The van der Waals surface area contributed by atoms with Crippen molar-refractivity contribution in [3.8, 4) is 5.75 Å². The number of hydrogen-bond donors (Lipinski definition) is 2. The van der Waals surface area contributed by atoms with Crippen LogP contribution in [-0.2, 0) is 14.4 Å². The van der Waals surface area contributed by atoms with Crippen LogP contribution < -0.4 is 15.4 Å². The molecule has 184 valence electrons. The summed E-state index contributed by atoms with van der Waals surface area (Å²) in [7, 11) is 1.56. The molecule has 1 saturated carbocycles. The van der Waals surface area contributed by atoms with Crippen molar-refractivity contribution >= 4 is 23.6 Å². The number of carbonyl (C=O) groups excluding carboxylic acids is 4. The van der Waals surface area contributed by atoms with Crippen molar-refractivity contribution in [3.63, 3.8) is 0 Å². The molecular weight excluding hydrogens is 436 g/mol. The van der Waals surface area contributed by atoms with Crippen LogP contribution in [0.25, 0.3) is 0 Å². The second-order valence-electron chi connectivity index (χ2n) is 9.36. The molecule has 34 heavy (non-hydrogen) atoms. The van der Waals surface area contributed by atoms with E-state index in [0.29, 0.717) is 30.8 Å². The van der Waals surface area contributed by atoms with Crippen molar-refractivity contribution in [1.82, 2.24) is 20.4 Å². The molecule has 2 aliphatic heterocycles. The first kappa shape index (κ1) is 24.0. The molecule has 0 aromatic heterocycles. The van der Waals surface area contributed by atoms with Crippen LogP contribution in [0.15, 0.2) is 24.3 Å². The summed E-state index contributed by atoms with van der Waals surface area (Å²) in [6.07, 6.45) is 6.35. The van der Waals surface area contributed by atoms with Gasteiger partial charge in [-0.3, -0.25) is 19.2 Å². The molecule has 0 bridgehead atoms. The Morgan fingerprint density at radius 3 is 2.41 bits per heavy atom. The average Bonchev–Trinajstić information content (AvgIpc) is 2.89. The van der Waals surface area contributed by atoms with Gasteiger partial charge >= 0.3 is 0 Å². The van der Waals surface area contributed by atoms with Crippen LogP contribution in [0.4, 0.5) is 0 Å². The molecule has 9 nitrogen and oxygen atoms in total. The van der Waals surface area contributed by atoms with Gasteiger partial charge in [0.2, 0.25) is 17.7 Å². The summed E-state index contributed by atoms with van der Waals surface area (Å²) < 4.78 is 5.18. The Bertz CT molecular complexity index is 912. The Morgan fingerprint density at radius 1 is 1.00 bits per heavy atom. The summed E-state index contributed by atoms with van der Waals surface area (Å²) in [5.74, 6) is -0.184. The normalized spacial score (nSPS) is 23.7. The van der Waals surface area contributed by atoms with Crippen LogP contribution >= 0.6 is 0 Å². The highest BCUT2D eigenvalue weighted by molar-refractivity contribution is 5.99. The third-order valence-electron chi connectivity index (χ3n) is 7.15. The van der Waals surface area contributed by atoms with Gasteiger partial charge in [-0.05, 0) is 49.9 Å². The number of benzene rings is 1. The van der Waals surface area contributed by atoms with E-state index in [1.54, 1.807) is 36.3 Å². The summed E-state index contributed by atoms with van der Waals surface area (Å²) in [6.45, 7) is 1.39. The fourth-order valence-electron chi connectivity index (χ4n) is 5.14. The maximum absolute atomic E-state index is 13.4. The van der Waals surface area contributed by atoms with Gasteiger partial charge in [0.15, 0.2) is 0 Å². The van der Waals surface area contributed by atoms with E-state index >= 15 is 0 Å². The number of amides is 4. The summed E-state index contributed by atoms with van der Waals surface area (Å²) in [5, 5.41) is 5.60. The Kier molecular flexibility index (Phi) is 7.70. The quantitative estimate of drug-likeness (QED) is 0.675. The van der Waals surface area contributed by atoms with Crippen molar-refractivity contribution in [1.29, 1.82) is 0 Å². The van der Waals surface area contributed by atoms with E-state index < -0.39 is 18.0 Å². The molecule has 0 radical (unpaired) electrons. The molecular formula is C25H34N4O5. The molecule has 9 heteroatoms. The fourth-order valence-corrected chi connectivity index (χ4v) is 5.14. The van der Waals surface area contributed by atoms with Gasteiger partial charge in [0.1, 0.15) is 17.8 Å². The zero-order valence-electron chi connectivity index (χ0n) is 19.8. The number of ether oxygens (including phenoxy) is 1. The van der Waals surface area contributed by atoms with Gasteiger partial charge < -0.3 is 25.2 Å². The zero-order chi connectivity index (χ0) is 24.1. The number of hydrogen-bond acceptors (Lipinski definition) is 5. The van der Waals surface area contributed by atoms with Crippen LogP contribution in [0.5, 0.6) is 5.75 Å². The van der Waals surface area contributed by atoms with Gasteiger partial charge in [-0.25, -0.2) is 0 Å². The molecule has 4 rings (SSSR count). The van der Waals surface area contributed by atoms with E-state index in [4.69, 9.17) is 4.74 Å². The highest BCUT2D eigenvalue weighted by Crippen LogP contribution is 2.27. The highest BCUT2D eigenvalue weighted by atomic mass is 16.5. The van der Waals surface area contributed by atoms with E-state index in [1.807, 2.05) is 0 Å². The Hall–Kier alpha value is -3.10. The molecule has 1 aliphatic carbocycles. The minimum atomic E-state index is -0.856. The third kappa shape index (κ3) is 5.34. The maximum Gasteiger partial charge on any atom is 0.254 e. The largest absolute Gasteiger partial charge is 0.497 e. The van der Waals surface area contributed by atoms with Crippen molar-refractivity contribution < 1.29 is 23.9 Å². The summed E-state index contributed by atoms with van der Waals surface area (Å²) in [6, 6.07) is 5.28. The molecule has 2 N–H and O–H groups in total. The van der Waals surface area contributed by atoms with Gasteiger partial charge in [-0.15, -0.1) is 0 Å². The van der Waals surface area contributed by atoms with Crippen molar-refractivity contribution in [2.45, 2.75) is 57.0 Å². The lowest BCUT2D eigenvalue weighted by atomic mass is 9.88. The third-order valence-corrected chi connectivity index (χ3v) is 7.15. The van der Waals surface area contributed by atoms with Crippen LogP contribution in [0, 0.1) is 5.92 Å². The Morgan fingerprint density at radius 2 is 1.74 bits per heavy atom. The smallest absolute Gasteiger partial charge is 0.254 e. The van der Waals surface area contributed by atoms with Gasteiger partial charge in [-0.1, -0.05) is 19.3 Å². The molecule has 4 amide bonds. The van der Waals surface area contributed by atoms with Crippen molar-refractivity contribution in [2.24, 2.45) is 5.92 Å². The number of piperidine rings is 1. The van der Waals surface area contributed by atoms with Crippen molar-refractivity contribution in [3.05, 3.63) is 29.8 Å². The Labute approximate surface area is 200 Å². The molecule has 2 unspecified atom stereocenters. The first-order valence-corrected chi connectivity index (χ1v) is 12.3. The predicted molar refractivity (Wildman–Crippen MR) is 125 cm³/mol. The molecule has 1 aromatic carbocycles. The number of nitrogens with one attached hydrogen (secondary N) is 2.